The second-order valence-corrected chi connectivity index (χ2v) is 6.39. The van der Waals surface area contributed by atoms with Gasteiger partial charge in [-0.3, -0.25) is 14.2 Å². The summed E-state index contributed by atoms with van der Waals surface area (Å²) in [4.78, 5) is 34.9. The number of ether oxygens (including phenoxy) is 1. The zero-order valence-corrected chi connectivity index (χ0v) is 14.7. The molecule has 1 aliphatic heterocycles. The van der Waals surface area contributed by atoms with E-state index in [2.05, 4.69) is 20.3 Å². The van der Waals surface area contributed by atoms with Gasteiger partial charge in [-0.05, 0) is 6.42 Å². The second kappa shape index (κ2) is 8.02. The van der Waals surface area contributed by atoms with Crippen LogP contribution < -0.4 is 16.8 Å². The van der Waals surface area contributed by atoms with Gasteiger partial charge in [0.05, 0.1) is 25.0 Å². The molecule has 3 rings (SSSR count). The number of nitrogens with zero attached hydrogens (tertiary/aromatic N) is 4. The number of fused-ring (bicyclic) bond motifs is 1. The van der Waals surface area contributed by atoms with Gasteiger partial charge in [0.2, 0.25) is 5.91 Å². The maximum Gasteiger partial charge on any atom is 0.303 e. The molecule has 5 atom stereocenters. The Labute approximate surface area is 158 Å². The number of nitrogens with two attached hydrogens (primary N) is 2. The molecule has 0 spiro atoms. The lowest BCUT2D eigenvalue weighted by molar-refractivity contribution is -0.137. The number of aliphatic carboxylic acids is 1. The van der Waals surface area contributed by atoms with Crippen LogP contribution >= 0.6 is 0 Å². The van der Waals surface area contributed by atoms with E-state index in [0.29, 0.717) is 11.2 Å². The summed E-state index contributed by atoms with van der Waals surface area (Å²) in [5.74, 6) is -1.58. The number of anilines is 1. The first-order chi connectivity index (χ1) is 13.3. The number of carboxylic acids is 1. The topological polar surface area (TPSA) is 212 Å². The van der Waals surface area contributed by atoms with E-state index in [1.54, 1.807) is 0 Å². The molecule has 2 aromatic rings. The number of nitrogens with one attached hydrogen (secondary N) is 1. The third-order valence-electron chi connectivity index (χ3n) is 4.53. The van der Waals surface area contributed by atoms with Crippen molar-refractivity contribution >= 4 is 28.9 Å². The van der Waals surface area contributed by atoms with Crippen molar-refractivity contribution < 1.29 is 29.6 Å². The number of nitrogen functional groups attached to an aromatic ring is 1. The molecule has 0 bridgehead atoms. The van der Waals surface area contributed by atoms with Crippen LogP contribution in [0.5, 0.6) is 0 Å². The van der Waals surface area contributed by atoms with Crippen LogP contribution in [0.25, 0.3) is 11.2 Å². The molecule has 1 aliphatic rings. The van der Waals surface area contributed by atoms with Gasteiger partial charge >= 0.3 is 5.97 Å². The normalized spacial score (nSPS) is 25.7. The van der Waals surface area contributed by atoms with Gasteiger partial charge in [0.1, 0.15) is 24.1 Å². The van der Waals surface area contributed by atoms with Crippen molar-refractivity contribution in [1.29, 1.82) is 0 Å². The number of imidazole rings is 1. The number of carbonyl (C=O) groups excluding carboxylic acids is 1. The Hall–Kier alpha value is -2.87. The predicted molar refractivity (Wildman–Crippen MR) is 93.5 cm³/mol. The summed E-state index contributed by atoms with van der Waals surface area (Å²) in [5, 5.41) is 31.5. The van der Waals surface area contributed by atoms with Gasteiger partial charge in [0.15, 0.2) is 17.7 Å². The lowest BCUT2D eigenvalue weighted by atomic mass is 10.1. The summed E-state index contributed by atoms with van der Waals surface area (Å²) in [5.41, 5.74) is 12.1. The molecule has 2 aromatic heterocycles. The smallest absolute Gasteiger partial charge is 0.303 e. The Balaban J connectivity index is 1.77. The minimum Gasteiger partial charge on any atom is -0.481 e. The number of rotatable bonds is 7. The summed E-state index contributed by atoms with van der Waals surface area (Å²) < 4.78 is 7.11. The van der Waals surface area contributed by atoms with Crippen LogP contribution in [0.1, 0.15) is 19.1 Å². The Bertz CT molecular complexity index is 874. The molecule has 8 N–H and O–H groups in total. The summed E-state index contributed by atoms with van der Waals surface area (Å²) >= 11 is 0. The van der Waals surface area contributed by atoms with Crippen molar-refractivity contribution in [2.24, 2.45) is 5.73 Å². The van der Waals surface area contributed by atoms with Gasteiger partial charge in [0.25, 0.3) is 0 Å². The maximum absolute atomic E-state index is 12.2. The van der Waals surface area contributed by atoms with Crippen LogP contribution in [0.15, 0.2) is 12.7 Å². The zero-order chi connectivity index (χ0) is 20.4. The maximum atomic E-state index is 12.2. The highest BCUT2D eigenvalue weighted by Crippen LogP contribution is 2.31. The molecule has 28 heavy (non-hydrogen) atoms. The van der Waals surface area contributed by atoms with E-state index in [1.807, 2.05) is 0 Å². The molecule has 0 radical (unpaired) electrons. The van der Waals surface area contributed by atoms with Crippen molar-refractivity contribution in [1.82, 2.24) is 24.8 Å². The highest BCUT2D eigenvalue weighted by molar-refractivity contribution is 5.83. The van der Waals surface area contributed by atoms with Crippen LogP contribution in [0.2, 0.25) is 0 Å². The van der Waals surface area contributed by atoms with Gasteiger partial charge in [-0.25, -0.2) is 15.0 Å². The van der Waals surface area contributed by atoms with E-state index >= 15 is 0 Å². The fraction of sp³-hybridized carbons (Fsp3) is 0.533. The molecule has 1 fully saturated rings. The third-order valence-corrected chi connectivity index (χ3v) is 4.53. The summed E-state index contributed by atoms with van der Waals surface area (Å²) in [6, 6.07) is -2.06. The number of aromatic nitrogens is 4. The van der Waals surface area contributed by atoms with Crippen LogP contribution in [-0.2, 0) is 14.3 Å². The minimum atomic E-state index is -1.26. The molecule has 152 valence electrons. The fourth-order valence-electron chi connectivity index (χ4n) is 3.04. The Morgan fingerprint density at radius 3 is 2.79 bits per heavy atom. The largest absolute Gasteiger partial charge is 0.481 e. The van der Waals surface area contributed by atoms with E-state index < -0.39 is 49.0 Å². The summed E-state index contributed by atoms with van der Waals surface area (Å²) in [6.07, 6.45) is -0.930. The number of amides is 1. The van der Waals surface area contributed by atoms with Crippen LogP contribution in [0.3, 0.4) is 0 Å². The zero-order valence-electron chi connectivity index (χ0n) is 14.7. The first-order valence-electron chi connectivity index (χ1n) is 8.48. The molecule has 13 nitrogen and oxygen atoms in total. The number of hydrogen-bond acceptors (Lipinski definition) is 10. The molecular weight excluding hydrogens is 374 g/mol. The summed E-state index contributed by atoms with van der Waals surface area (Å²) in [7, 11) is 0. The number of aliphatic hydroxyl groups excluding tert-OH is 2. The highest BCUT2D eigenvalue weighted by Gasteiger charge is 2.46. The Kier molecular flexibility index (Phi) is 5.69. The van der Waals surface area contributed by atoms with Gasteiger partial charge in [0, 0.05) is 6.42 Å². The third kappa shape index (κ3) is 3.73. The second-order valence-electron chi connectivity index (χ2n) is 6.39. The molecule has 1 saturated heterocycles. The summed E-state index contributed by atoms with van der Waals surface area (Å²) in [6.45, 7) is -0.480. The van der Waals surface area contributed by atoms with E-state index in [4.69, 9.17) is 21.3 Å². The van der Waals surface area contributed by atoms with Crippen LogP contribution in [0, 0.1) is 0 Å². The number of carbonyl (C=O) groups is 2. The Morgan fingerprint density at radius 1 is 1.36 bits per heavy atom. The fourth-order valence-corrected chi connectivity index (χ4v) is 3.04. The number of hydrogen-bond donors (Lipinski definition) is 6. The highest BCUT2D eigenvalue weighted by atomic mass is 16.5. The number of carboxylic acid groups (broad SMARTS) is 1. The lowest BCUT2D eigenvalue weighted by Gasteiger charge is -2.22. The molecule has 1 amide bonds. The monoisotopic (exact) mass is 395 g/mol. The standard InChI is InChI=1S/C15H21N7O6/c16-6(1-2-8(24)25)14(27)21-9-7(3-23)28-15(11(9)26)22-5-20-10-12(17)18-4-19-13(10)22/h4-7,9,11,15,23,26H,1-3,16H2,(H,21,27)(H,24,25)(H2,17,18,19)/t6-,7+,9-,11+,15+/m1/s1. The van der Waals surface area contributed by atoms with E-state index in [1.165, 1.54) is 17.2 Å². The first kappa shape index (κ1) is 19.9. The minimum absolute atomic E-state index is 0.0690. The number of aliphatic hydroxyl groups is 2. The average Bonchev–Trinajstić information content (AvgIpc) is 3.22. The molecule has 0 aliphatic carbocycles. The molecule has 0 saturated carbocycles. The van der Waals surface area contributed by atoms with Crippen molar-refractivity contribution in [3.63, 3.8) is 0 Å². The van der Waals surface area contributed by atoms with Crippen LogP contribution in [-0.4, -0.2) is 77.6 Å². The van der Waals surface area contributed by atoms with Gasteiger partial charge < -0.3 is 36.8 Å². The van der Waals surface area contributed by atoms with E-state index in [-0.39, 0.29) is 18.7 Å². The van der Waals surface area contributed by atoms with E-state index in [0.717, 1.165) is 0 Å². The SMILES string of the molecule is Nc1ncnc2c1ncn2[C@H]1O[C@@H](CO)[C@@H](NC(=O)[C@H](N)CCC(=O)O)[C@@H]1O. The predicted octanol–water partition coefficient (Wildman–Crippen LogP) is -2.66. The lowest BCUT2D eigenvalue weighted by Crippen LogP contribution is -2.53. The molecular formula is C15H21N7O6. The van der Waals surface area contributed by atoms with Crippen molar-refractivity contribution in [3.8, 4) is 0 Å². The van der Waals surface area contributed by atoms with Gasteiger partial charge in [-0.15, -0.1) is 0 Å². The van der Waals surface area contributed by atoms with Crippen LogP contribution in [0.4, 0.5) is 5.82 Å². The molecule has 0 unspecified atom stereocenters. The molecule has 13 heteroatoms. The van der Waals surface area contributed by atoms with Crippen molar-refractivity contribution in [3.05, 3.63) is 12.7 Å². The van der Waals surface area contributed by atoms with E-state index in [9.17, 15) is 19.8 Å². The molecule has 3 heterocycles. The Morgan fingerprint density at radius 2 is 2.11 bits per heavy atom. The van der Waals surface area contributed by atoms with Gasteiger partial charge in [-0.1, -0.05) is 0 Å². The molecule has 0 aromatic carbocycles. The average molecular weight is 395 g/mol. The van der Waals surface area contributed by atoms with Gasteiger partial charge in [-0.2, -0.15) is 0 Å². The first-order valence-corrected chi connectivity index (χ1v) is 8.48. The van der Waals surface area contributed by atoms with Crippen molar-refractivity contribution in [2.45, 2.75) is 43.4 Å². The quantitative estimate of drug-likeness (QED) is 0.284. The van der Waals surface area contributed by atoms with Crippen molar-refractivity contribution in [2.75, 3.05) is 12.3 Å².